The van der Waals surface area contributed by atoms with Gasteiger partial charge in [-0.1, -0.05) is 50.2 Å². The van der Waals surface area contributed by atoms with Gasteiger partial charge in [0.2, 0.25) is 11.8 Å². The number of halogens is 2. The Kier molecular flexibility index (Phi) is 9.23. The number of rotatable bonds is 10. The molecular weight excluding hydrogens is 815 g/mol. The molecule has 12 rings (SSSR count). The number of hydrogen-bond acceptors (Lipinski definition) is 8. The SMILES string of the molecule is C[C@@]12Cc3[nH]c(-c4ccnc(NC(=O)[C@@H]5C[C@@H]5F)c4)c(Nc4ccccc4)c3C(=O)[C@@H]1C2.C[C@]12Cc3[nH]c(-c4ccnc(NC(=O)[C@@H]5C[C@@H]5F)c4)c(Nc4ccccc4)c3C(=O)[C@H]1C2. The van der Waals surface area contributed by atoms with E-state index in [2.05, 4.69) is 55.1 Å². The molecule has 4 aromatic heterocycles. The van der Waals surface area contributed by atoms with Crippen LogP contribution in [0.3, 0.4) is 0 Å². The smallest absolute Gasteiger partial charge is 0.231 e. The summed E-state index contributed by atoms with van der Waals surface area (Å²) in [5.74, 6) is -0.615. The Morgan fingerprint density at radius 2 is 1.02 bits per heavy atom. The summed E-state index contributed by atoms with van der Waals surface area (Å²) >= 11 is 0. The van der Waals surface area contributed by atoms with Gasteiger partial charge in [-0.15, -0.1) is 0 Å². The zero-order valence-electron chi connectivity index (χ0n) is 35.2. The first-order chi connectivity index (χ1) is 30.9. The quantitative estimate of drug-likeness (QED) is 0.0790. The number of amides is 2. The number of anilines is 6. The summed E-state index contributed by atoms with van der Waals surface area (Å²) in [6, 6.07) is 26.7. The number of Topliss-reactive ketones (excluding diaryl/α,β-unsaturated/α-hetero) is 2. The van der Waals surface area contributed by atoms with Gasteiger partial charge < -0.3 is 31.2 Å². The molecule has 12 nitrogen and oxygen atoms in total. The average Bonchev–Trinajstić information content (AvgIpc) is 4.23. The molecular formula is C50H46F2N8O4. The second-order valence-electron chi connectivity index (χ2n) is 18.9. The molecule has 64 heavy (non-hydrogen) atoms. The van der Waals surface area contributed by atoms with Crippen molar-refractivity contribution in [3.8, 4) is 22.5 Å². The Hall–Kier alpha value is -6.96. The Labute approximate surface area is 367 Å². The lowest BCUT2D eigenvalue weighted by molar-refractivity contribution is -0.118. The molecule has 6 aliphatic rings. The minimum Gasteiger partial charge on any atom is -0.356 e. The molecule has 2 amide bonds. The molecule has 8 atom stereocenters. The zero-order valence-corrected chi connectivity index (χ0v) is 35.2. The van der Waals surface area contributed by atoms with Gasteiger partial charge in [0.15, 0.2) is 11.6 Å². The van der Waals surface area contributed by atoms with Crippen LogP contribution in [0.15, 0.2) is 97.3 Å². The maximum atomic E-state index is 13.3. The lowest BCUT2D eigenvalue weighted by atomic mass is 9.87. The number of nitrogens with zero attached hydrogens (tertiary/aromatic N) is 2. The average molecular weight is 861 g/mol. The van der Waals surface area contributed by atoms with Crippen LogP contribution in [0.2, 0.25) is 0 Å². The molecule has 4 heterocycles. The molecule has 0 aliphatic heterocycles. The molecule has 6 N–H and O–H groups in total. The lowest BCUT2D eigenvalue weighted by Crippen LogP contribution is -2.19. The summed E-state index contributed by atoms with van der Waals surface area (Å²) in [6.07, 6.45) is 5.14. The number of para-hydroxylation sites is 2. The molecule has 6 aromatic rings. The summed E-state index contributed by atoms with van der Waals surface area (Å²) < 4.78 is 26.5. The lowest BCUT2D eigenvalue weighted by Gasteiger charge is -2.18. The molecule has 0 bridgehead atoms. The van der Waals surface area contributed by atoms with Crippen molar-refractivity contribution in [1.82, 2.24) is 19.9 Å². The number of fused-ring (bicyclic) bond motifs is 4. The summed E-state index contributed by atoms with van der Waals surface area (Å²) in [5, 5.41) is 12.3. The van der Waals surface area contributed by atoms with Gasteiger partial charge in [0.25, 0.3) is 0 Å². The van der Waals surface area contributed by atoms with E-state index in [9.17, 15) is 28.0 Å². The molecule has 6 aliphatic carbocycles. The van der Waals surface area contributed by atoms with Gasteiger partial charge in [-0.2, -0.15) is 0 Å². The first-order valence-electron chi connectivity index (χ1n) is 21.9. The van der Waals surface area contributed by atoms with Crippen molar-refractivity contribution in [2.24, 2.45) is 34.5 Å². The number of aromatic nitrogens is 4. The zero-order chi connectivity index (χ0) is 44.1. The van der Waals surface area contributed by atoms with Gasteiger partial charge in [-0.3, -0.25) is 19.2 Å². The van der Waals surface area contributed by atoms with E-state index < -0.39 is 24.2 Å². The maximum Gasteiger partial charge on any atom is 0.231 e. The van der Waals surface area contributed by atoms with E-state index in [1.165, 1.54) is 0 Å². The number of H-pyrrole nitrogens is 2. The number of nitrogens with one attached hydrogen (secondary N) is 6. The van der Waals surface area contributed by atoms with Crippen LogP contribution in [0.1, 0.15) is 71.6 Å². The predicted octanol–water partition coefficient (Wildman–Crippen LogP) is 9.76. The van der Waals surface area contributed by atoms with Crippen molar-refractivity contribution in [2.45, 2.75) is 64.7 Å². The van der Waals surface area contributed by atoms with Crippen LogP contribution in [0.4, 0.5) is 43.2 Å². The summed E-state index contributed by atoms with van der Waals surface area (Å²) in [6.45, 7) is 4.33. The Morgan fingerprint density at radius 3 is 1.39 bits per heavy atom. The van der Waals surface area contributed by atoms with Gasteiger partial charge in [0.1, 0.15) is 24.0 Å². The highest BCUT2D eigenvalue weighted by atomic mass is 19.1. The van der Waals surface area contributed by atoms with E-state index >= 15 is 0 Å². The molecule has 0 unspecified atom stereocenters. The van der Waals surface area contributed by atoms with Gasteiger partial charge in [0.05, 0.1) is 45.7 Å². The second kappa shape index (κ2) is 14.8. The van der Waals surface area contributed by atoms with Crippen molar-refractivity contribution >= 4 is 57.8 Å². The summed E-state index contributed by atoms with van der Waals surface area (Å²) in [4.78, 5) is 66.3. The van der Waals surface area contributed by atoms with Crippen LogP contribution < -0.4 is 21.3 Å². The van der Waals surface area contributed by atoms with Crippen LogP contribution in [-0.4, -0.2) is 55.7 Å². The highest BCUT2D eigenvalue weighted by molar-refractivity contribution is 6.11. The number of pyridine rings is 2. The summed E-state index contributed by atoms with van der Waals surface area (Å²) in [7, 11) is 0. The van der Waals surface area contributed by atoms with Crippen molar-refractivity contribution in [2.75, 3.05) is 21.3 Å². The van der Waals surface area contributed by atoms with Gasteiger partial charge in [-0.25, -0.2) is 18.7 Å². The highest BCUT2D eigenvalue weighted by Crippen LogP contribution is 2.62. The van der Waals surface area contributed by atoms with Crippen LogP contribution in [0.25, 0.3) is 22.5 Å². The second-order valence-corrected chi connectivity index (χ2v) is 18.9. The van der Waals surface area contributed by atoms with Crippen molar-refractivity contribution in [1.29, 1.82) is 0 Å². The Bertz CT molecular complexity index is 2700. The van der Waals surface area contributed by atoms with Gasteiger partial charge in [-0.05, 0) is 97.9 Å². The van der Waals surface area contributed by atoms with Crippen molar-refractivity contribution < 1.29 is 28.0 Å². The highest BCUT2D eigenvalue weighted by Gasteiger charge is 2.60. The number of carbonyl (C=O) groups is 4. The van der Waals surface area contributed by atoms with E-state index in [0.29, 0.717) is 11.6 Å². The van der Waals surface area contributed by atoms with Crippen LogP contribution in [-0.2, 0) is 22.4 Å². The number of benzene rings is 2. The van der Waals surface area contributed by atoms with Crippen LogP contribution >= 0.6 is 0 Å². The largest absolute Gasteiger partial charge is 0.356 e. The van der Waals surface area contributed by atoms with E-state index in [0.717, 1.165) is 93.5 Å². The predicted molar refractivity (Wildman–Crippen MR) is 239 cm³/mol. The number of ketones is 2. The van der Waals surface area contributed by atoms with Crippen molar-refractivity contribution in [3.05, 3.63) is 120 Å². The van der Waals surface area contributed by atoms with E-state index in [1.807, 2.05) is 72.8 Å². The fraction of sp³-hybridized carbons (Fsp3) is 0.320. The molecule has 324 valence electrons. The third-order valence-corrected chi connectivity index (χ3v) is 13.9. The first-order valence-corrected chi connectivity index (χ1v) is 21.9. The third-order valence-electron chi connectivity index (χ3n) is 13.9. The molecule has 4 saturated carbocycles. The minimum atomic E-state index is -1.06. The van der Waals surface area contributed by atoms with E-state index in [1.54, 1.807) is 24.5 Å². The third kappa shape index (κ3) is 7.24. The van der Waals surface area contributed by atoms with E-state index in [4.69, 9.17) is 0 Å². The minimum absolute atomic E-state index is 0.0424. The van der Waals surface area contributed by atoms with E-state index in [-0.39, 0.29) is 58.9 Å². The molecule has 14 heteroatoms. The molecule has 0 spiro atoms. The molecule has 0 radical (unpaired) electrons. The standard InChI is InChI=1S/2C25H23FN4O2/c2*1-25-11-16(25)23(31)20-18(12-25)29-21(22(20)28-14-5-3-2-4-6-14)13-7-8-27-19(9-13)30-24(32)15-10-17(15)26/h2*2-9,15-17,28-29H,10-12H2,1H3,(H,27,30,32)/t15-,16+,17+,25-;15-,16-,17+,25+/m11/s1. The first kappa shape index (κ1) is 39.9. The Morgan fingerprint density at radius 1 is 0.625 bits per heavy atom. The fourth-order valence-corrected chi connectivity index (χ4v) is 9.72. The molecule has 2 aromatic carbocycles. The van der Waals surface area contributed by atoms with Crippen LogP contribution in [0.5, 0.6) is 0 Å². The number of aromatic amines is 2. The molecule has 4 fully saturated rings. The monoisotopic (exact) mass is 860 g/mol. The topological polar surface area (TPSA) is 174 Å². The summed E-state index contributed by atoms with van der Waals surface area (Å²) in [5.41, 5.74) is 9.85. The van der Waals surface area contributed by atoms with Crippen molar-refractivity contribution in [3.63, 3.8) is 0 Å². The number of alkyl halides is 2. The normalized spacial score (nSPS) is 27.3. The fourth-order valence-electron chi connectivity index (χ4n) is 9.72. The Balaban J connectivity index is 0.000000143. The van der Waals surface area contributed by atoms with Gasteiger partial charge >= 0.3 is 0 Å². The van der Waals surface area contributed by atoms with Gasteiger partial charge in [0, 0.05) is 58.1 Å². The number of hydrogen-bond donors (Lipinski definition) is 6. The number of carbonyl (C=O) groups excluding carboxylic acids is 4. The molecule has 0 saturated heterocycles. The van der Waals surface area contributed by atoms with Crippen LogP contribution in [0, 0.1) is 34.5 Å². The maximum absolute atomic E-state index is 13.3.